The second kappa shape index (κ2) is 6.38. The van der Waals surface area contributed by atoms with Crippen molar-refractivity contribution in [1.29, 1.82) is 0 Å². The highest BCUT2D eigenvalue weighted by Crippen LogP contribution is 2.14. The van der Waals surface area contributed by atoms with E-state index in [1.165, 1.54) is 0 Å². The molecule has 0 saturated carbocycles. The van der Waals surface area contributed by atoms with Crippen molar-refractivity contribution in [3.63, 3.8) is 0 Å². The monoisotopic (exact) mass is 266 g/mol. The van der Waals surface area contributed by atoms with Crippen molar-refractivity contribution in [2.24, 2.45) is 0 Å². The fourth-order valence-corrected chi connectivity index (χ4v) is 2.01. The summed E-state index contributed by atoms with van der Waals surface area (Å²) in [6, 6.07) is -0.635. The first kappa shape index (κ1) is 13.6. The molecule has 6 nitrogen and oxygen atoms in total. The number of carbonyl (C=O) groups is 2. The highest BCUT2D eigenvalue weighted by Gasteiger charge is 2.23. The number of hydrogen-bond acceptors (Lipinski definition) is 5. The molecule has 0 bridgehead atoms. The lowest BCUT2D eigenvalue weighted by Gasteiger charge is -2.31. The average Bonchev–Trinajstić information content (AvgIpc) is 2.42. The van der Waals surface area contributed by atoms with E-state index in [1.807, 2.05) is 6.08 Å². The zero-order valence-corrected chi connectivity index (χ0v) is 10.9. The maximum Gasteiger partial charge on any atom is 0.407 e. The molecule has 1 fully saturated rings. The first-order chi connectivity index (χ1) is 9.20. The summed E-state index contributed by atoms with van der Waals surface area (Å²) < 4.78 is 10.0. The van der Waals surface area contributed by atoms with E-state index < -0.39 is 12.1 Å². The van der Waals surface area contributed by atoms with Crippen molar-refractivity contribution in [2.45, 2.75) is 13.0 Å². The number of allylic oxidation sites excluding steroid dienone is 1. The highest BCUT2D eigenvalue weighted by atomic mass is 16.5. The lowest BCUT2D eigenvalue weighted by atomic mass is 10.0. The number of alkyl carbamates (subject to hydrolysis) is 1. The SMILES string of the molecule is CCOC(=O)NC1C=CC(N2CCOCC2)=CC1=O. The molecule has 6 heteroatoms. The van der Waals surface area contributed by atoms with Gasteiger partial charge in [-0.2, -0.15) is 0 Å². The number of amides is 1. The van der Waals surface area contributed by atoms with Crippen molar-refractivity contribution in [3.8, 4) is 0 Å². The molecule has 1 amide bonds. The van der Waals surface area contributed by atoms with Crippen molar-refractivity contribution < 1.29 is 19.1 Å². The van der Waals surface area contributed by atoms with Gasteiger partial charge in [-0.25, -0.2) is 4.79 Å². The Morgan fingerprint density at radius 3 is 2.89 bits per heavy atom. The summed E-state index contributed by atoms with van der Waals surface area (Å²) >= 11 is 0. The topological polar surface area (TPSA) is 67.9 Å². The van der Waals surface area contributed by atoms with Crippen LogP contribution in [0.4, 0.5) is 4.79 Å². The minimum atomic E-state index is -0.635. The van der Waals surface area contributed by atoms with Crippen LogP contribution >= 0.6 is 0 Å². The van der Waals surface area contributed by atoms with Gasteiger partial charge in [-0.1, -0.05) is 6.08 Å². The molecule has 1 aliphatic heterocycles. The normalized spacial score (nSPS) is 23.0. The van der Waals surface area contributed by atoms with Crippen LogP contribution in [0.1, 0.15) is 6.92 Å². The maximum absolute atomic E-state index is 11.9. The summed E-state index contributed by atoms with van der Waals surface area (Å²) in [5.74, 6) is -0.142. The van der Waals surface area contributed by atoms with Gasteiger partial charge in [0.25, 0.3) is 0 Å². The van der Waals surface area contributed by atoms with Crippen molar-refractivity contribution in [1.82, 2.24) is 10.2 Å². The smallest absolute Gasteiger partial charge is 0.407 e. The quantitative estimate of drug-likeness (QED) is 0.803. The summed E-state index contributed by atoms with van der Waals surface area (Å²) in [6.07, 6.45) is 4.52. The van der Waals surface area contributed by atoms with Gasteiger partial charge in [0.2, 0.25) is 0 Å². The Balaban J connectivity index is 1.93. The summed E-state index contributed by atoms with van der Waals surface area (Å²) in [4.78, 5) is 25.3. The van der Waals surface area contributed by atoms with Crippen LogP contribution in [0.25, 0.3) is 0 Å². The standard InChI is InChI=1S/C13H18N2O4/c1-2-19-13(17)14-11-4-3-10(9-12(11)16)15-5-7-18-8-6-15/h3-4,9,11H,2,5-8H2,1H3,(H,14,17). The molecule has 0 radical (unpaired) electrons. The van der Waals surface area contributed by atoms with E-state index in [0.29, 0.717) is 13.2 Å². The number of hydrogen-bond donors (Lipinski definition) is 1. The number of morpholine rings is 1. The van der Waals surface area contributed by atoms with Crippen LogP contribution < -0.4 is 5.32 Å². The third-order valence-corrected chi connectivity index (χ3v) is 2.98. The lowest BCUT2D eigenvalue weighted by molar-refractivity contribution is -0.115. The first-order valence-electron chi connectivity index (χ1n) is 6.40. The molecule has 2 aliphatic rings. The molecule has 0 aromatic rings. The van der Waals surface area contributed by atoms with Crippen LogP contribution in [-0.2, 0) is 14.3 Å². The number of ketones is 1. The third kappa shape index (κ3) is 3.57. The highest BCUT2D eigenvalue weighted by molar-refractivity contribution is 5.99. The van der Waals surface area contributed by atoms with Crippen LogP contribution in [-0.4, -0.2) is 55.7 Å². The molecule has 1 unspecified atom stereocenters. The number of carbonyl (C=O) groups excluding carboxylic acids is 2. The second-order valence-electron chi connectivity index (χ2n) is 4.27. The summed E-state index contributed by atoms with van der Waals surface area (Å²) in [5, 5.41) is 2.51. The van der Waals surface area contributed by atoms with Gasteiger partial charge in [0.15, 0.2) is 5.78 Å². The van der Waals surface area contributed by atoms with Gasteiger partial charge in [-0.05, 0) is 13.0 Å². The van der Waals surface area contributed by atoms with Gasteiger partial charge in [-0.3, -0.25) is 4.79 Å². The van der Waals surface area contributed by atoms with Gasteiger partial charge in [0, 0.05) is 24.9 Å². The van der Waals surface area contributed by atoms with E-state index in [-0.39, 0.29) is 12.4 Å². The van der Waals surface area contributed by atoms with Gasteiger partial charge in [0.1, 0.15) is 6.04 Å². The van der Waals surface area contributed by atoms with E-state index >= 15 is 0 Å². The zero-order valence-electron chi connectivity index (χ0n) is 10.9. The summed E-state index contributed by atoms with van der Waals surface area (Å²) in [5.41, 5.74) is 0.871. The average molecular weight is 266 g/mol. The number of ether oxygens (including phenoxy) is 2. The molecule has 104 valence electrons. The molecule has 1 aliphatic carbocycles. The predicted molar refractivity (Wildman–Crippen MR) is 68.6 cm³/mol. The second-order valence-corrected chi connectivity index (χ2v) is 4.27. The van der Waals surface area contributed by atoms with Gasteiger partial charge in [-0.15, -0.1) is 0 Å². The fraction of sp³-hybridized carbons (Fsp3) is 0.538. The number of nitrogens with zero attached hydrogens (tertiary/aromatic N) is 1. The van der Waals surface area contributed by atoms with Crippen LogP contribution in [0, 0.1) is 0 Å². The van der Waals surface area contributed by atoms with Gasteiger partial charge in [0.05, 0.1) is 19.8 Å². The van der Waals surface area contributed by atoms with Crippen LogP contribution in [0.5, 0.6) is 0 Å². The van der Waals surface area contributed by atoms with Gasteiger partial charge < -0.3 is 19.7 Å². The van der Waals surface area contributed by atoms with Gasteiger partial charge >= 0.3 is 6.09 Å². The van der Waals surface area contributed by atoms with E-state index in [0.717, 1.165) is 18.8 Å². The molecule has 1 saturated heterocycles. The van der Waals surface area contributed by atoms with E-state index in [9.17, 15) is 9.59 Å². The van der Waals surface area contributed by atoms with E-state index in [1.54, 1.807) is 19.1 Å². The lowest BCUT2D eigenvalue weighted by Crippen LogP contribution is -2.42. The molecule has 2 rings (SSSR count). The van der Waals surface area contributed by atoms with Crippen LogP contribution in [0.15, 0.2) is 23.9 Å². The third-order valence-electron chi connectivity index (χ3n) is 2.98. The molecule has 1 N–H and O–H groups in total. The minimum Gasteiger partial charge on any atom is -0.450 e. The maximum atomic E-state index is 11.9. The molecule has 1 heterocycles. The van der Waals surface area contributed by atoms with Crippen molar-refractivity contribution in [3.05, 3.63) is 23.9 Å². The first-order valence-corrected chi connectivity index (χ1v) is 6.40. The Labute approximate surface area is 112 Å². The Bertz CT molecular complexity index is 411. The minimum absolute atomic E-state index is 0.142. The largest absolute Gasteiger partial charge is 0.450 e. The number of rotatable bonds is 3. The van der Waals surface area contributed by atoms with Crippen molar-refractivity contribution >= 4 is 11.9 Å². The Kier molecular flexibility index (Phi) is 4.57. The summed E-state index contributed by atoms with van der Waals surface area (Å²) in [7, 11) is 0. The van der Waals surface area contributed by atoms with Crippen LogP contribution in [0.3, 0.4) is 0 Å². The van der Waals surface area contributed by atoms with E-state index in [2.05, 4.69) is 10.2 Å². The number of nitrogens with one attached hydrogen (secondary N) is 1. The van der Waals surface area contributed by atoms with Crippen LogP contribution in [0.2, 0.25) is 0 Å². The molecule has 0 aromatic heterocycles. The molecular weight excluding hydrogens is 248 g/mol. The zero-order chi connectivity index (χ0) is 13.7. The molecule has 0 aromatic carbocycles. The van der Waals surface area contributed by atoms with Crippen molar-refractivity contribution in [2.75, 3.05) is 32.9 Å². The predicted octanol–water partition coefficient (Wildman–Crippen LogP) is 0.456. The molecular formula is C13H18N2O4. The molecule has 1 atom stereocenters. The fourth-order valence-electron chi connectivity index (χ4n) is 2.01. The van der Waals surface area contributed by atoms with E-state index in [4.69, 9.17) is 9.47 Å². The summed E-state index contributed by atoms with van der Waals surface area (Å²) in [6.45, 7) is 4.90. The Hall–Kier alpha value is -1.82. The molecule has 0 spiro atoms. The Morgan fingerprint density at radius 1 is 1.53 bits per heavy atom. The molecule has 19 heavy (non-hydrogen) atoms. The Morgan fingerprint density at radius 2 is 2.26 bits per heavy atom.